The molecule has 0 bridgehead atoms. The maximum Gasteiger partial charge on any atom is 0.0613 e. The van der Waals surface area contributed by atoms with Gasteiger partial charge in [0.25, 0.3) is 0 Å². The second-order valence-electron chi connectivity index (χ2n) is 0.837. The minimum atomic E-state index is 0.0144. The SMILES string of the molecule is O[13CH2]/[13CH]=[13CH]/[13CH2]O. The van der Waals surface area contributed by atoms with Gasteiger partial charge in [-0.1, -0.05) is 12.2 Å². The second-order valence-corrected chi connectivity index (χ2v) is 0.837. The first-order chi connectivity index (χ1) is 2.91. The number of hydrogen-bond acceptors (Lipinski definition) is 2. The molecular formula is C4H8O2. The Kier molecular flexibility index (Phi) is 4.40. The van der Waals surface area contributed by atoms with E-state index >= 15 is 0 Å². The van der Waals surface area contributed by atoms with Crippen LogP contribution >= 0.6 is 0 Å². The summed E-state index contributed by atoms with van der Waals surface area (Å²) in [5, 5.41) is 16.0. The zero-order valence-corrected chi connectivity index (χ0v) is 3.46. The van der Waals surface area contributed by atoms with Gasteiger partial charge in [0, 0.05) is 0 Å². The first-order valence-electron chi connectivity index (χ1n) is 1.78. The van der Waals surface area contributed by atoms with Gasteiger partial charge < -0.3 is 10.2 Å². The molecule has 0 unspecified atom stereocenters. The molecule has 0 fully saturated rings. The predicted octanol–water partition coefficient (Wildman–Crippen LogP) is -0.473. The van der Waals surface area contributed by atoms with E-state index in [9.17, 15) is 0 Å². The Labute approximate surface area is 36.7 Å². The van der Waals surface area contributed by atoms with Crippen molar-refractivity contribution < 1.29 is 10.2 Å². The third kappa shape index (κ3) is 3.66. The molecule has 0 saturated carbocycles. The summed E-state index contributed by atoms with van der Waals surface area (Å²) in [4.78, 5) is 0. The fourth-order valence-corrected chi connectivity index (χ4v) is 0.149. The Morgan fingerprint density at radius 3 is 1.50 bits per heavy atom. The maximum atomic E-state index is 8.00. The lowest BCUT2D eigenvalue weighted by Gasteiger charge is -1.73. The summed E-state index contributed by atoms with van der Waals surface area (Å²) in [6.45, 7) is 0.0289. The van der Waals surface area contributed by atoms with E-state index < -0.39 is 0 Å². The molecule has 0 aliphatic heterocycles. The predicted molar refractivity (Wildman–Crippen MR) is 23.3 cm³/mol. The van der Waals surface area contributed by atoms with E-state index in [1.807, 2.05) is 0 Å². The summed E-state index contributed by atoms with van der Waals surface area (Å²) in [6.07, 6.45) is 2.97. The van der Waals surface area contributed by atoms with Gasteiger partial charge in [0.2, 0.25) is 0 Å². The molecule has 0 spiro atoms. The quantitative estimate of drug-likeness (QED) is 0.357. The van der Waals surface area contributed by atoms with E-state index in [1.165, 1.54) is 12.2 Å². The third-order valence-electron chi connectivity index (χ3n) is 0.377. The lowest BCUT2D eigenvalue weighted by atomic mass is 11.5. The molecule has 2 N–H and O–H groups in total. The van der Waals surface area contributed by atoms with E-state index in [0.29, 0.717) is 0 Å². The van der Waals surface area contributed by atoms with Crippen LogP contribution in [0.25, 0.3) is 0 Å². The fourth-order valence-electron chi connectivity index (χ4n) is 0.149. The van der Waals surface area contributed by atoms with Crippen LogP contribution in [-0.2, 0) is 0 Å². The highest BCUT2D eigenvalue weighted by Gasteiger charge is 1.61. The average molecular weight is 92.1 g/mol. The van der Waals surface area contributed by atoms with Gasteiger partial charge >= 0.3 is 0 Å². The van der Waals surface area contributed by atoms with Crippen LogP contribution < -0.4 is 0 Å². The van der Waals surface area contributed by atoms with Crippen LogP contribution in [0.1, 0.15) is 0 Å². The molecule has 6 heavy (non-hydrogen) atoms. The number of aliphatic hydroxyl groups is 2. The van der Waals surface area contributed by atoms with Crippen LogP contribution in [0, 0.1) is 0 Å². The normalized spacial score (nSPS) is 10.3. The van der Waals surface area contributed by atoms with Crippen LogP contribution in [0.4, 0.5) is 0 Å². The highest BCUT2D eigenvalue weighted by Crippen LogP contribution is 1.63. The lowest BCUT2D eigenvalue weighted by molar-refractivity contribution is 0.329. The molecule has 0 rings (SSSR count). The van der Waals surface area contributed by atoms with Crippen LogP contribution in [0.5, 0.6) is 0 Å². The molecule has 0 heterocycles. The molecule has 0 aliphatic carbocycles. The summed E-state index contributed by atoms with van der Waals surface area (Å²) in [5.41, 5.74) is 0. The van der Waals surface area contributed by atoms with Crippen molar-refractivity contribution in [1.29, 1.82) is 0 Å². The molecule has 0 aromatic rings. The third-order valence-corrected chi connectivity index (χ3v) is 0.377. The molecule has 0 saturated heterocycles. The number of rotatable bonds is 2. The Morgan fingerprint density at radius 2 is 1.33 bits per heavy atom. The smallest absolute Gasteiger partial charge is 0.0613 e. The highest BCUT2D eigenvalue weighted by molar-refractivity contribution is 4.78. The van der Waals surface area contributed by atoms with Crippen molar-refractivity contribution in [3.63, 3.8) is 0 Å². The van der Waals surface area contributed by atoms with Gasteiger partial charge in [-0.3, -0.25) is 0 Å². The minimum absolute atomic E-state index is 0.0144. The first kappa shape index (κ1) is 5.66. The second kappa shape index (κ2) is 4.66. The molecule has 2 nitrogen and oxygen atoms in total. The maximum absolute atomic E-state index is 8.00. The van der Waals surface area contributed by atoms with Crippen molar-refractivity contribution in [3.8, 4) is 0 Å². The summed E-state index contributed by atoms with van der Waals surface area (Å²) in [6, 6.07) is 0. The van der Waals surface area contributed by atoms with Crippen LogP contribution in [0.15, 0.2) is 12.2 Å². The zero-order chi connectivity index (χ0) is 4.83. The van der Waals surface area contributed by atoms with Gasteiger partial charge in [0.15, 0.2) is 0 Å². The van der Waals surface area contributed by atoms with Crippen LogP contribution in [0.2, 0.25) is 0 Å². The van der Waals surface area contributed by atoms with Crippen LogP contribution in [0.3, 0.4) is 0 Å². The molecule has 0 aromatic carbocycles. The molecule has 0 radical (unpaired) electrons. The Balaban J connectivity index is 2.73. The molecule has 0 atom stereocenters. The van der Waals surface area contributed by atoms with Crippen molar-refractivity contribution in [1.82, 2.24) is 0 Å². The summed E-state index contributed by atoms with van der Waals surface area (Å²) in [5.74, 6) is 0. The molecule has 0 aromatic heterocycles. The van der Waals surface area contributed by atoms with E-state index in [4.69, 9.17) is 10.2 Å². The first-order valence-corrected chi connectivity index (χ1v) is 1.78. The topological polar surface area (TPSA) is 40.5 Å². The minimum Gasteiger partial charge on any atom is -0.392 e. The zero-order valence-electron chi connectivity index (χ0n) is 3.46. The highest BCUT2D eigenvalue weighted by atomic mass is 16.3. The summed E-state index contributed by atoms with van der Waals surface area (Å²) in [7, 11) is 0. The fraction of sp³-hybridized carbons (Fsp3) is 0.500. The standard InChI is InChI=1S/C4H8O2/c5-3-1-2-4-6/h1-2,5-6H,3-4H2/b2-1+/i1+1,2+1,3+1,4+1. The number of hydrogen-bond donors (Lipinski definition) is 2. The lowest BCUT2D eigenvalue weighted by Crippen LogP contribution is -1.74. The van der Waals surface area contributed by atoms with Crippen molar-refractivity contribution in [2.75, 3.05) is 13.2 Å². The largest absolute Gasteiger partial charge is 0.392 e. The Hall–Kier alpha value is -0.340. The van der Waals surface area contributed by atoms with Crippen LogP contribution in [-0.4, -0.2) is 23.4 Å². The summed E-state index contributed by atoms with van der Waals surface area (Å²) >= 11 is 0. The summed E-state index contributed by atoms with van der Waals surface area (Å²) < 4.78 is 0. The van der Waals surface area contributed by atoms with E-state index in [-0.39, 0.29) is 13.2 Å². The molecule has 0 amide bonds. The molecular weight excluding hydrogens is 84.0 g/mol. The van der Waals surface area contributed by atoms with Crippen molar-refractivity contribution in [2.45, 2.75) is 0 Å². The Bertz CT molecular complexity index is 34.8. The van der Waals surface area contributed by atoms with Gasteiger partial charge in [-0.15, -0.1) is 0 Å². The van der Waals surface area contributed by atoms with E-state index in [1.54, 1.807) is 0 Å². The van der Waals surface area contributed by atoms with Crippen molar-refractivity contribution >= 4 is 0 Å². The van der Waals surface area contributed by atoms with Gasteiger partial charge in [0.1, 0.15) is 0 Å². The van der Waals surface area contributed by atoms with E-state index in [2.05, 4.69) is 0 Å². The van der Waals surface area contributed by atoms with Crippen molar-refractivity contribution in [3.05, 3.63) is 12.2 Å². The van der Waals surface area contributed by atoms with Gasteiger partial charge in [-0.05, 0) is 0 Å². The van der Waals surface area contributed by atoms with Gasteiger partial charge in [-0.2, -0.15) is 0 Å². The van der Waals surface area contributed by atoms with Gasteiger partial charge in [-0.25, -0.2) is 0 Å². The van der Waals surface area contributed by atoms with Crippen molar-refractivity contribution in [2.24, 2.45) is 0 Å². The Morgan fingerprint density at radius 1 is 1.00 bits per heavy atom. The molecule has 36 valence electrons. The van der Waals surface area contributed by atoms with E-state index in [0.717, 1.165) is 0 Å². The van der Waals surface area contributed by atoms with Gasteiger partial charge in [0.05, 0.1) is 13.2 Å². The number of aliphatic hydroxyl groups excluding tert-OH is 2. The average Bonchev–Trinajstić information content (AvgIpc) is 1.61. The molecule has 0 aliphatic rings. The monoisotopic (exact) mass is 92.1 g/mol. The molecule has 2 heteroatoms.